The number of carboxylic acids is 1. The van der Waals surface area contributed by atoms with E-state index < -0.39 is 28.1 Å². The number of nitriles is 1. The van der Waals surface area contributed by atoms with E-state index in [1.807, 2.05) is 13.0 Å². The minimum absolute atomic E-state index is 0.00993. The Bertz CT molecular complexity index is 1400. The van der Waals surface area contributed by atoms with E-state index in [1.165, 1.54) is 13.0 Å². The van der Waals surface area contributed by atoms with Gasteiger partial charge >= 0.3 is 5.97 Å². The van der Waals surface area contributed by atoms with Crippen molar-refractivity contribution in [1.29, 1.82) is 5.26 Å². The van der Waals surface area contributed by atoms with Gasteiger partial charge in [-0.15, -0.1) is 0 Å². The summed E-state index contributed by atoms with van der Waals surface area (Å²) in [6, 6.07) is 5.57. The van der Waals surface area contributed by atoms with Gasteiger partial charge in [0.25, 0.3) is 5.69 Å². The van der Waals surface area contributed by atoms with Crippen LogP contribution in [-0.2, 0) is 21.6 Å². The molecule has 0 fully saturated rings. The van der Waals surface area contributed by atoms with Gasteiger partial charge in [0, 0.05) is 17.0 Å². The summed E-state index contributed by atoms with van der Waals surface area (Å²) >= 11 is 2.87. The number of nitro groups is 1. The molecule has 0 bridgehead atoms. The number of aliphatic carboxylic acids is 1. The van der Waals surface area contributed by atoms with Crippen molar-refractivity contribution in [2.24, 2.45) is 0 Å². The summed E-state index contributed by atoms with van der Waals surface area (Å²) in [4.78, 5) is 24.5. The molecule has 1 atom stereocenters. The second-order valence-corrected chi connectivity index (χ2v) is 9.47. The molecule has 0 saturated heterocycles. The van der Waals surface area contributed by atoms with E-state index in [0.717, 1.165) is 24.1 Å². The monoisotopic (exact) mass is 563 g/mol. The number of halogens is 3. The van der Waals surface area contributed by atoms with E-state index >= 15 is 0 Å². The van der Waals surface area contributed by atoms with Crippen molar-refractivity contribution < 1.29 is 28.3 Å². The van der Waals surface area contributed by atoms with Crippen LogP contribution in [-0.4, -0.2) is 27.6 Å². The zero-order valence-electron chi connectivity index (χ0n) is 19.9. The Morgan fingerprint density at radius 2 is 1.97 bits per heavy atom. The number of nitrogens with zero attached hydrogens (tertiary/aromatic N) is 2. The number of nitro benzene ring substituents is 1. The van der Waals surface area contributed by atoms with Gasteiger partial charge in [-0.1, -0.05) is 13.3 Å². The first kappa shape index (κ1) is 27.2. The number of H-pyrrole nitrogens is 1. The number of benzene rings is 2. The molecule has 0 amide bonds. The van der Waals surface area contributed by atoms with Gasteiger partial charge in [0.15, 0.2) is 0 Å². The van der Waals surface area contributed by atoms with E-state index in [2.05, 4.69) is 20.9 Å². The van der Waals surface area contributed by atoms with E-state index in [-0.39, 0.29) is 22.1 Å². The Labute approximate surface area is 214 Å². The molecule has 0 unspecified atom stereocenters. The fourth-order valence-electron chi connectivity index (χ4n) is 4.64. The van der Waals surface area contributed by atoms with Crippen molar-refractivity contribution in [3.63, 3.8) is 0 Å². The third-order valence-corrected chi connectivity index (χ3v) is 6.76. The van der Waals surface area contributed by atoms with Crippen LogP contribution in [0.15, 0.2) is 22.7 Å². The van der Waals surface area contributed by atoms with E-state index in [4.69, 9.17) is 4.74 Å². The highest BCUT2D eigenvalue weighted by Crippen LogP contribution is 2.44. The number of aromatic amines is 1. The van der Waals surface area contributed by atoms with Gasteiger partial charge in [-0.2, -0.15) is 5.26 Å². The van der Waals surface area contributed by atoms with Crippen molar-refractivity contribution in [3.8, 4) is 6.07 Å². The van der Waals surface area contributed by atoms with Crippen LogP contribution < -0.4 is 0 Å². The Morgan fingerprint density at radius 1 is 1.31 bits per heavy atom. The third kappa shape index (κ3) is 5.10. The number of aromatic nitrogens is 1. The largest absolute Gasteiger partial charge is 0.481 e. The SMILES string of the molecule is CCC[C@]1(CC(=O)O)OCCc2c1[nH]c1c(C)cc(F)c(C#N)c21.Cc1cc(F)c(Br)cc1[N+](=O)[O-]. The van der Waals surface area contributed by atoms with Gasteiger partial charge in [-0.05, 0) is 65.9 Å². The predicted octanol–water partition coefficient (Wildman–Crippen LogP) is 6.33. The lowest BCUT2D eigenvalue weighted by Gasteiger charge is -2.36. The van der Waals surface area contributed by atoms with E-state index in [9.17, 15) is 34.1 Å². The van der Waals surface area contributed by atoms with Crippen molar-refractivity contribution >= 4 is 38.5 Å². The number of carboxylic acid groups (broad SMARTS) is 1. The molecule has 4 rings (SSSR count). The molecule has 1 aromatic heterocycles. The highest BCUT2D eigenvalue weighted by Gasteiger charge is 2.42. The standard InChI is InChI=1S/C18H19FN2O3.C7H5BrFNO2/c1-3-5-18(8-14(22)23)17-11(4-6-24-18)15-12(9-20)13(19)7-10(2)16(15)21-17;1-4-2-6(9)5(8)3-7(4)10(11)12/h7,21H,3-6,8H2,1-2H3,(H,22,23);2-3H,1H3/t18-;/m1./s1. The molecule has 3 aromatic rings. The molecule has 190 valence electrons. The summed E-state index contributed by atoms with van der Waals surface area (Å²) in [6.07, 6.45) is 1.66. The van der Waals surface area contributed by atoms with Crippen molar-refractivity contribution in [3.05, 3.63) is 72.4 Å². The number of aryl methyl sites for hydroxylation is 2. The number of carbonyl (C=O) groups is 1. The average molecular weight is 564 g/mol. The molecule has 0 radical (unpaired) electrons. The average Bonchev–Trinajstić information content (AvgIpc) is 3.18. The van der Waals surface area contributed by atoms with Crippen molar-refractivity contribution in [2.45, 2.75) is 52.1 Å². The second kappa shape index (κ2) is 10.7. The molecule has 8 nitrogen and oxygen atoms in total. The lowest BCUT2D eigenvalue weighted by molar-refractivity contribution is -0.385. The van der Waals surface area contributed by atoms with Crippen LogP contribution >= 0.6 is 15.9 Å². The third-order valence-electron chi connectivity index (χ3n) is 6.15. The lowest BCUT2D eigenvalue weighted by Crippen LogP contribution is -2.37. The number of hydrogen-bond donors (Lipinski definition) is 2. The van der Waals surface area contributed by atoms with E-state index in [1.54, 1.807) is 6.92 Å². The van der Waals surface area contributed by atoms with Gasteiger partial charge in [0.2, 0.25) is 0 Å². The molecule has 2 heterocycles. The van der Waals surface area contributed by atoms with Gasteiger partial charge in [0.1, 0.15) is 23.3 Å². The number of ether oxygens (including phenoxy) is 1. The fraction of sp³-hybridized carbons (Fsp3) is 0.360. The number of fused-ring (bicyclic) bond motifs is 3. The Kier molecular flexibility index (Phi) is 8.11. The Balaban J connectivity index is 0.000000253. The zero-order valence-corrected chi connectivity index (χ0v) is 21.5. The topological polar surface area (TPSA) is 129 Å². The zero-order chi connectivity index (χ0) is 26.8. The number of nitrogens with one attached hydrogen (secondary N) is 1. The van der Waals surface area contributed by atoms with Gasteiger partial charge in [-0.3, -0.25) is 14.9 Å². The van der Waals surface area contributed by atoms with Crippen molar-refractivity contribution in [2.75, 3.05) is 6.61 Å². The van der Waals surface area contributed by atoms with E-state index in [0.29, 0.717) is 47.2 Å². The van der Waals surface area contributed by atoms with Crippen LogP contribution in [0.4, 0.5) is 14.5 Å². The maximum Gasteiger partial charge on any atom is 0.306 e. The summed E-state index contributed by atoms with van der Waals surface area (Å²) in [5, 5.41) is 29.6. The minimum Gasteiger partial charge on any atom is -0.481 e. The predicted molar refractivity (Wildman–Crippen MR) is 132 cm³/mol. The Hall–Kier alpha value is -3.36. The first-order chi connectivity index (χ1) is 17.0. The van der Waals surface area contributed by atoms with Crippen LogP contribution in [0.25, 0.3) is 10.9 Å². The van der Waals surface area contributed by atoms with Crippen LogP contribution in [0.5, 0.6) is 0 Å². The molecular weight excluding hydrogens is 540 g/mol. The molecule has 0 saturated carbocycles. The first-order valence-electron chi connectivity index (χ1n) is 11.2. The summed E-state index contributed by atoms with van der Waals surface area (Å²) in [7, 11) is 0. The molecule has 1 aliphatic rings. The molecule has 36 heavy (non-hydrogen) atoms. The maximum atomic E-state index is 14.2. The summed E-state index contributed by atoms with van der Waals surface area (Å²) in [5.41, 5.74) is 2.16. The fourth-order valence-corrected chi connectivity index (χ4v) is 4.97. The highest BCUT2D eigenvalue weighted by molar-refractivity contribution is 9.10. The molecule has 1 aliphatic heterocycles. The molecular formula is C25H24BrF2N3O5. The maximum absolute atomic E-state index is 14.2. The minimum atomic E-state index is -0.956. The first-order valence-corrected chi connectivity index (χ1v) is 11.9. The smallest absolute Gasteiger partial charge is 0.306 e. The highest BCUT2D eigenvalue weighted by atomic mass is 79.9. The second-order valence-electron chi connectivity index (χ2n) is 8.61. The van der Waals surface area contributed by atoms with Crippen LogP contribution in [0.3, 0.4) is 0 Å². The van der Waals surface area contributed by atoms with Crippen LogP contribution in [0.1, 0.15) is 54.1 Å². The summed E-state index contributed by atoms with van der Waals surface area (Å²) in [6.45, 7) is 5.59. The van der Waals surface area contributed by atoms with Crippen molar-refractivity contribution in [1.82, 2.24) is 4.98 Å². The lowest BCUT2D eigenvalue weighted by atomic mass is 9.84. The van der Waals surface area contributed by atoms with Gasteiger partial charge in [0.05, 0.1) is 39.2 Å². The normalized spacial score (nSPS) is 16.6. The van der Waals surface area contributed by atoms with Crippen LogP contribution in [0.2, 0.25) is 0 Å². The van der Waals surface area contributed by atoms with Gasteiger partial charge < -0.3 is 14.8 Å². The van der Waals surface area contributed by atoms with Crippen LogP contribution in [0, 0.1) is 46.9 Å². The number of rotatable bonds is 5. The molecule has 0 aliphatic carbocycles. The summed E-state index contributed by atoms with van der Waals surface area (Å²) in [5.74, 6) is -1.98. The molecule has 2 aromatic carbocycles. The molecule has 2 N–H and O–H groups in total. The summed E-state index contributed by atoms with van der Waals surface area (Å²) < 4.78 is 33.0. The molecule has 11 heteroatoms. The number of hydrogen-bond acceptors (Lipinski definition) is 5. The quantitative estimate of drug-likeness (QED) is 0.275. The molecule has 0 spiro atoms. The van der Waals surface area contributed by atoms with Gasteiger partial charge in [-0.25, -0.2) is 8.78 Å². The Morgan fingerprint density at radius 3 is 2.56 bits per heavy atom.